The molecule has 1 rings (SSSR count). The van der Waals surface area contributed by atoms with Gasteiger partial charge in [0.05, 0.1) is 6.10 Å². The van der Waals surface area contributed by atoms with Crippen molar-refractivity contribution in [1.29, 1.82) is 0 Å². The Hall–Kier alpha value is -0.890. The zero-order valence-electron chi connectivity index (χ0n) is 11.8. The summed E-state index contributed by atoms with van der Waals surface area (Å²) in [5, 5.41) is 10.2. The third-order valence-electron chi connectivity index (χ3n) is 3.66. The van der Waals surface area contributed by atoms with E-state index in [-0.39, 0.29) is 12.0 Å². The summed E-state index contributed by atoms with van der Waals surface area (Å²) < 4.78 is 0. The van der Waals surface area contributed by atoms with Gasteiger partial charge in [-0.3, -0.25) is 4.98 Å². The highest BCUT2D eigenvalue weighted by Crippen LogP contribution is 2.22. The van der Waals surface area contributed by atoms with Gasteiger partial charge < -0.3 is 5.11 Å². The quantitative estimate of drug-likeness (QED) is 0.662. The first kappa shape index (κ1) is 15.2. The van der Waals surface area contributed by atoms with Gasteiger partial charge in [0, 0.05) is 18.3 Å². The molecule has 0 aliphatic heterocycles. The van der Waals surface area contributed by atoms with Crippen LogP contribution in [-0.2, 0) is 0 Å². The molecule has 0 fully saturated rings. The predicted molar refractivity (Wildman–Crippen MR) is 76.7 cm³/mol. The van der Waals surface area contributed by atoms with Gasteiger partial charge in [0.15, 0.2) is 0 Å². The van der Waals surface area contributed by atoms with Gasteiger partial charge in [-0.2, -0.15) is 0 Å². The molecule has 18 heavy (non-hydrogen) atoms. The van der Waals surface area contributed by atoms with Crippen molar-refractivity contribution in [2.75, 3.05) is 0 Å². The van der Waals surface area contributed by atoms with Crippen LogP contribution in [0.15, 0.2) is 24.5 Å². The molecule has 0 saturated carbocycles. The number of pyridine rings is 1. The second kappa shape index (κ2) is 9.09. The minimum absolute atomic E-state index is 0.212. The van der Waals surface area contributed by atoms with Gasteiger partial charge in [0.1, 0.15) is 0 Å². The number of unbranched alkanes of at least 4 members (excludes halogenated alkanes) is 5. The molecule has 102 valence electrons. The summed E-state index contributed by atoms with van der Waals surface area (Å²) in [6, 6.07) is 3.99. The summed E-state index contributed by atoms with van der Waals surface area (Å²) in [5.41, 5.74) is 1.18. The van der Waals surface area contributed by atoms with E-state index >= 15 is 0 Å². The Bertz CT molecular complexity index is 299. The second-order valence-corrected chi connectivity index (χ2v) is 5.19. The van der Waals surface area contributed by atoms with Crippen molar-refractivity contribution < 1.29 is 5.11 Å². The molecule has 1 heterocycles. The van der Waals surface area contributed by atoms with Gasteiger partial charge in [-0.15, -0.1) is 0 Å². The maximum absolute atomic E-state index is 10.2. The fraction of sp³-hybridized carbons (Fsp3) is 0.688. The predicted octanol–water partition coefficient (Wildman–Crippen LogP) is 4.30. The van der Waals surface area contributed by atoms with E-state index in [1.807, 2.05) is 12.1 Å². The normalized spacial score (nSPS) is 14.4. The van der Waals surface area contributed by atoms with Crippen molar-refractivity contribution in [2.24, 2.45) is 0 Å². The van der Waals surface area contributed by atoms with Gasteiger partial charge in [0.2, 0.25) is 0 Å². The van der Waals surface area contributed by atoms with Gasteiger partial charge >= 0.3 is 0 Å². The van der Waals surface area contributed by atoms with Crippen molar-refractivity contribution in [2.45, 2.75) is 70.8 Å². The molecule has 0 radical (unpaired) electrons. The Morgan fingerprint density at radius 2 is 1.67 bits per heavy atom. The molecule has 2 unspecified atom stereocenters. The van der Waals surface area contributed by atoms with E-state index in [1.54, 1.807) is 12.4 Å². The summed E-state index contributed by atoms with van der Waals surface area (Å²) in [5.74, 6) is 0.212. The summed E-state index contributed by atoms with van der Waals surface area (Å²) in [7, 11) is 0. The molecule has 1 N–H and O–H groups in total. The zero-order valence-corrected chi connectivity index (χ0v) is 11.8. The number of hydrogen-bond donors (Lipinski definition) is 1. The first-order valence-corrected chi connectivity index (χ1v) is 7.33. The Kier molecular flexibility index (Phi) is 7.66. The van der Waals surface area contributed by atoms with Crippen molar-refractivity contribution in [3.8, 4) is 0 Å². The molecule has 0 saturated heterocycles. The first-order valence-electron chi connectivity index (χ1n) is 7.33. The van der Waals surface area contributed by atoms with Crippen LogP contribution in [0.4, 0.5) is 0 Å². The molecule has 0 bridgehead atoms. The molecule has 0 aliphatic rings. The largest absolute Gasteiger partial charge is 0.393 e. The number of aliphatic hydroxyl groups is 1. The van der Waals surface area contributed by atoms with Crippen LogP contribution in [0.1, 0.15) is 70.3 Å². The molecular formula is C16H27NO. The van der Waals surface area contributed by atoms with Crippen LogP contribution in [0.5, 0.6) is 0 Å². The highest BCUT2D eigenvalue weighted by Gasteiger charge is 2.15. The Morgan fingerprint density at radius 3 is 2.33 bits per heavy atom. The monoisotopic (exact) mass is 249 g/mol. The van der Waals surface area contributed by atoms with Crippen LogP contribution in [0.25, 0.3) is 0 Å². The maximum atomic E-state index is 10.2. The Balaban J connectivity index is 2.18. The van der Waals surface area contributed by atoms with E-state index < -0.39 is 0 Å². The van der Waals surface area contributed by atoms with E-state index in [4.69, 9.17) is 0 Å². The number of aliphatic hydroxyl groups excluding tert-OH is 1. The summed E-state index contributed by atoms with van der Waals surface area (Å²) in [6.07, 6.45) is 12.0. The lowest BCUT2D eigenvalue weighted by Gasteiger charge is -2.19. The SMILES string of the molecule is CCCCCCCCC(O)C(C)c1ccncc1. The van der Waals surface area contributed by atoms with Crippen LogP contribution in [0.3, 0.4) is 0 Å². The van der Waals surface area contributed by atoms with Crippen molar-refractivity contribution in [3.05, 3.63) is 30.1 Å². The minimum atomic E-state index is -0.224. The molecule has 2 atom stereocenters. The molecule has 1 aromatic rings. The van der Waals surface area contributed by atoms with Gasteiger partial charge in [-0.25, -0.2) is 0 Å². The maximum Gasteiger partial charge on any atom is 0.0606 e. The van der Waals surface area contributed by atoms with E-state index in [9.17, 15) is 5.11 Å². The molecule has 0 aromatic carbocycles. The zero-order chi connectivity index (χ0) is 13.2. The highest BCUT2D eigenvalue weighted by molar-refractivity contribution is 5.16. The first-order chi connectivity index (χ1) is 8.75. The third kappa shape index (κ3) is 5.63. The number of rotatable bonds is 9. The van der Waals surface area contributed by atoms with Crippen LogP contribution in [0, 0.1) is 0 Å². The van der Waals surface area contributed by atoms with Crippen LogP contribution in [-0.4, -0.2) is 16.2 Å². The summed E-state index contributed by atoms with van der Waals surface area (Å²) in [4.78, 5) is 4.01. The standard InChI is InChI=1S/C16H27NO/c1-3-4-5-6-7-8-9-16(18)14(2)15-10-12-17-13-11-15/h10-14,16,18H,3-9H2,1-2H3. The number of hydrogen-bond acceptors (Lipinski definition) is 2. The average molecular weight is 249 g/mol. The lowest BCUT2D eigenvalue weighted by Crippen LogP contribution is -2.15. The Morgan fingerprint density at radius 1 is 1.06 bits per heavy atom. The molecular weight excluding hydrogens is 222 g/mol. The van der Waals surface area contributed by atoms with E-state index in [1.165, 1.54) is 37.7 Å². The third-order valence-corrected chi connectivity index (χ3v) is 3.66. The van der Waals surface area contributed by atoms with Crippen molar-refractivity contribution >= 4 is 0 Å². The fourth-order valence-electron chi connectivity index (χ4n) is 2.27. The Labute approximate surface area is 111 Å². The van der Waals surface area contributed by atoms with Crippen LogP contribution in [0.2, 0.25) is 0 Å². The molecule has 0 spiro atoms. The highest BCUT2D eigenvalue weighted by atomic mass is 16.3. The van der Waals surface area contributed by atoms with Gasteiger partial charge in [-0.1, -0.05) is 52.4 Å². The van der Waals surface area contributed by atoms with E-state index in [2.05, 4.69) is 18.8 Å². The van der Waals surface area contributed by atoms with Gasteiger partial charge in [0.25, 0.3) is 0 Å². The molecule has 0 aliphatic carbocycles. The van der Waals surface area contributed by atoms with E-state index in [0.29, 0.717) is 0 Å². The average Bonchev–Trinajstić information content (AvgIpc) is 2.42. The lowest BCUT2D eigenvalue weighted by molar-refractivity contribution is 0.136. The molecule has 2 heteroatoms. The minimum Gasteiger partial charge on any atom is -0.393 e. The van der Waals surface area contributed by atoms with Gasteiger partial charge in [-0.05, 0) is 24.1 Å². The van der Waals surface area contributed by atoms with Crippen molar-refractivity contribution in [3.63, 3.8) is 0 Å². The topological polar surface area (TPSA) is 33.1 Å². The van der Waals surface area contributed by atoms with Crippen molar-refractivity contribution in [1.82, 2.24) is 4.98 Å². The smallest absolute Gasteiger partial charge is 0.0606 e. The van der Waals surface area contributed by atoms with Crippen LogP contribution >= 0.6 is 0 Å². The lowest BCUT2D eigenvalue weighted by atomic mass is 9.92. The molecule has 1 aromatic heterocycles. The fourth-order valence-corrected chi connectivity index (χ4v) is 2.27. The van der Waals surface area contributed by atoms with Crippen LogP contribution < -0.4 is 0 Å². The summed E-state index contributed by atoms with van der Waals surface area (Å²) >= 11 is 0. The molecule has 0 amide bonds. The second-order valence-electron chi connectivity index (χ2n) is 5.19. The van der Waals surface area contributed by atoms with E-state index in [0.717, 1.165) is 12.8 Å². The number of aromatic nitrogens is 1. The number of nitrogens with zero attached hydrogens (tertiary/aromatic N) is 1. The molecule has 2 nitrogen and oxygen atoms in total. The summed E-state index contributed by atoms with van der Waals surface area (Å²) in [6.45, 7) is 4.33.